The first-order valence-electron chi connectivity index (χ1n) is 11.7. The molecule has 0 bridgehead atoms. The minimum atomic E-state index is -0.646. The Kier molecular flexibility index (Phi) is 8.04. The van der Waals surface area contributed by atoms with Crippen molar-refractivity contribution in [3.8, 4) is 0 Å². The first-order chi connectivity index (χ1) is 15.8. The zero-order valence-electron chi connectivity index (χ0n) is 19.2. The fourth-order valence-electron chi connectivity index (χ4n) is 4.30. The lowest BCUT2D eigenvalue weighted by atomic mass is 10.2. The molecule has 2 nitrogen and oxygen atoms in total. The SMILES string of the molecule is CCCCCCN(C)C(c1ccc2ccccc2n1)P(c1ccccc1)c1ccccc1. The molecule has 0 saturated carbocycles. The Morgan fingerprint density at radius 2 is 1.34 bits per heavy atom. The van der Waals surface area contributed by atoms with E-state index in [1.54, 1.807) is 0 Å². The van der Waals surface area contributed by atoms with Crippen LogP contribution in [0.4, 0.5) is 0 Å². The van der Waals surface area contributed by atoms with Gasteiger partial charge >= 0.3 is 0 Å². The summed E-state index contributed by atoms with van der Waals surface area (Å²) in [6.45, 7) is 3.35. The topological polar surface area (TPSA) is 16.1 Å². The minimum absolute atomic E-state index is 0.223. The maximum atomic E-state index is 5.19. The van der Waals surface area contributed by atoms with Crippen LogP contribution in [0.3, 0.4) is 0 Å². The van der Waals surface area contributed by atoms with Crippen LogP contribution < -0.4 is 10.6 Å². The number of hydrogen-bond donors (Lipinski definition) is 0. The number of aromatic nitrogens is 1. The molecule has 0 saturated heterocycles. The van der Waals surface area contributed by atoms with Crippen LogP contribution in [0.15, 0.2) is 97.1 Å². The molecule has 0 amide bonds. The molecule has 0 aliphatic carbocycles. The number of para-hydroxylation sites is 1. The average molecular weight is 441 g/mol. The molecular formula is C29H33N2P. The van der Waals surface area contributed by atoms with Crippen molar-refractivity contribution in [3.63, 3.8) is 0 Å². The van der Waals surface area contributed by atoms with Crippen molar-refractivity contribution in [2.75, 3.05) is 13.6 Å². The highest BCUT2D eigenvalue weighted by Crippen LogP contribution is 2.50. The van der Waals surface area contributed by atoms with Gasteiger partial charge in [0.25, 0.3) is 0 Å². The maximum absolute atomic E-state index is 5.19. The highest BCUT2D eigenvalue weighted by Gasteiger charge is 2.30. The van der Waals surface area contributed by atoms with Crippen LogP contribution in [0.5, 0.6) is 0 Å². The van der Waals surface area contributed by atoms with E-state index in [4.69, 9.17) is 4.98 Å². The molecule has 0 aliphatic heterocycles. The van der Waals surface area contributed by atoms with Crippen molar-refractivity contribution in [2.45, 2.75) is 38.4 Å². The molecule has 0 radical (unpaired) electrons. The molecule has 1 heterocycles. The highest BCUT2D eigenvalue weighted by atomic mass is 31.1. The Labute approximate surface area is 194 Å². The van der Waals surface area contributed by atoms with Crippen LogP contribution in [0.25, 0.3) is 10.9 Å². The second kappa shape index (κ2) is 11.4. The number of unbranched alkanes of at least 4 members (excludes halogenated alkanes) is 3. The van der Waals surface area contributed by atoms with Gasteiger partial charge in [-0.25, -0.2) is 0 Å². The third-order valence-electron chi connectivity index (χ3n) is 5.98. The summed E-state index contributed by atoms with van der Waals surface area (Å²) < 4.78 is 0. The van der Waals surface area contributed by atoms with Crippen molar-refractivity contribution >= 4 is 29.4 Å². The van der Waals surface area contributed by atoms with Gasteiger partial charge in [-0.3, -0.25) is 9.88 Å². The summed E-state index contributed by atoms with van der Waals surface area (Å²) in [5.41, 5.74) is 2.24. The van der Waals surface area contributed by atoms with Gasteiger partial charge in [0.05, 0.1) is 17.0 Å². The Balaban J connectivity index is 1.79. The van der Waals surface area contributed by atoms with Gasteiger partial charge in [-0.1, -0.05) is 111 Å². The second-order valence-electron chi connectivity index (χ2n) is 8.38. The predicted molar refractivity (Wildman–Crippen MR) is 140 cm³/mol. The Morgan fingerprint density at radius 1 is 0.719 bits per heavy atom. The molecule has 3 aromatic carbocycles. The van der Waals surface area contributed by atoms with Crippen LogP contribution in [0, 0.1) is 0 Å². The standard InChI is InChI=1S/C29H33N2P/c1-3-4-5-14-23-31(2)29(28-22-21-24-15-12-13-20-27(24)30-28)32(25-16-8-6-9-17-25)26-18-10-7-11-19-26/h6-13,15-22,29H,3-5,14,23H2,1-2H3. The molecule has 4 aromatic rings. The largest absolute Gasteiger partial charge is 0.294 e. The van der Waals surface area contributed by atoms with Gasteiger partial charge in [0.15, 0.2) is 0 Å². The van der Waals surface area contributed by atoms with Crippen LogP contribution in [-0.2, 0) is 0 Å². The minimum Gasteiger partial charge on any atom is -0.294 e. The Hall–Kier alpha value is -2.54. The summed E-state index contributed by atoms with van der Waals surface area (Å²) in [6.07, 6.45) is 5.08. The smallest absolute Gasteiger partial charge is 0.0802 e. The van der Waals surface area contributed by atoms with E-state index in [0.717, 1.165) is 12.1 Å². The van der Waals surface area contributed by atoms with Crippen molar-refractivity contribution in [1.82, 2.24) is 9.88 Å². The molecule has 0 N–H and O–H groups in total. The van der Waals surface area contributed by atoms with Gasteiger partial charge in [-0.2, -0.15) is 0 Å². The number of nitrogens with zero attached hydrogens (tertiary/aromatic N) is 2. The van der Waals surface area contributed by atoms with Gasteiger partial charge in [0.2, 0.25) is 0 Å². The van der Waals surface area contributed by atoms with Crippen molar-refractivity contribution in [3.05, 3.63) is 103 Å². The van der Waals surface area contributed by atoms with Crippen molar-refractivity contribution in [2.24, 2.45) is 0 Å². The van der Waals surface area contributed by atoms with Gasteiger partial charge in [-0.05, 0) is 50.7 Å². The summed E-state index contributed by atoms with van der Waals surface area (Å²) in [7, 11) is 1.64. The van der Waals surface area contributed by atoms with E-state index >= 15 is 0 Å². The molecule has 0 aliphatic rings. The summed E-state index contributed by atoms with van der Waals surface area (Å²) in [4.78, 5) is 7.74. The number of benzene rings is 3. The van der Waals surface area contributed by atoms with Gasteiger partial charge in [-0.15, -0.1) is 0 Å². The average Bonchev–Trinajstić information content (AvgIpc) is 2.86. The number of rotatable bonds is 10. The Bertz CT molecular complexity index is 1060. The van der Waals surface area contributed by atoms with E-state index in [2.05, 4.69) is 116 Å². The lowest BCUT2D eigenvalue weighted by molar-refractivity contribution is 0.302. The molecule has 1 aromatic heterocycles. The monoisotopic (exact) mass is 440 g/mol. The lowest BCUT2D eigenvalue weighted by Gasteiger charge is -2.35. The van der Waals surface area contributed by atoms with Crippen LogP contribution in [0.1, 0.15) is 44.1 Å². The molecule has 4 rings (SSSR count). The fourth-order valence-corrected chi connectivity index (χ4v) is 7.07. The van der Waals surface area contributed by atoms with E-state index in [1.165, 1.54) is 47.4 Å². The van der Waals surface area contributed by atoms with E-state index in [9.17, 15) is 0 Å². The molecule has 1 atom stereocenters. The molecule has 0 fully saturated rings. The third-order valence-corrected chi connectivity index (χ3v) is 8.84. The Morgan fingerprint density at radius 3 is 2.00 bits per heavy atom. The molecule has 0 spiro atoms. The van der Waals surface area contributed by atoms with Gasteiger partial charge in [0, 0.05) is 5.39 Å². The quantitative estimate of drug-likeness (QED) is 0.197. The summed E-state index contributed by atoms with van der Waals surface area (Å²) in [5, 5.41) is 3.99. The summed E-state index contributed by atoms with van der Waals surface area (Å²) in [5.74, 6) is 0.223. The van der Waals surface area contributed by atoms with E-state index < -0.39 is 7.92 Å². The van der Waals surface area contributed by atoms with Crippen LogP contribution in [0.2, 0.25) is 0 Å². The highest BCUT2D eigenvalue weighted by molar-refractivity contribution is 7.73. The van der Waals surface area contributed by atoms with Crippen molar-refractivity contribution in [1.29, 1.82) is 0 Å². The first kappa shape index (κ1) is 22.6. The third kappa shape index (κ3) is 5.44. The van der Waals surface area contributed by atoms with Crippen LogP contribution in [-0.4, -0.2) is 23.5 Å². The predicted octanol–water partition coefficient (Wildman–Crippen LogP) is 6.88. The number of pyridine rings is 1. The zero-order chi connectivity index (χ0) is 22.2. The van der Waals surface area contributed by atoms with Crippen molar-refractivity contribution < 1.29 is 0 Å². The molecular weight excluding hydrogens is 407 g/mol. The zero-order valence-corrected chi connectivity index (χ0v) is 20.1. The summed E-state index contributed by atoms with van der Waals surface area (Å²) in [6, 6.07) is 35.0. The van der Waals surface area contributed by atoms with Gasteiger partial charge < -0.3 is 0 Å². The number of fused-ring (bicyclic) bond motifs is 1. The van der Waals surface area contributed by atoms with E-state index in [-0.39, 0.29) is 5.78 Å². The fraction of sp³-hybridized carbons (Fsp3) is 0.276. The second-order valence-corrected chi connectivity index (χ2v) is 10.6. The molecule has 32 heavy (non-hydrogen) atoms. The normalized spacial score (nSPS) is 12.5. The van der Waals surface area contributed by atoms with Gasteiger partial charge in [0.1, 0.15) is 0 Å². The number of hydrogen-bond acceptors (Lipinski definition) is 2. The molecule has 164 valence electrons. The molecule has 3 heteroatoms. The lowest BCUT2D eigenvalue weighted by Crippen LogP contribution is -2.31. The van der Waals surface area contributed by atoms with E-state index in [0.29, 0.717) is 0 Å². The maximum Gasteiger partial charge on any atom is 0.0802 e. The van der Waals surface area contributed by atoms with Crippen LogP contribution >= 0.6 is 7.92 Å². The first-order valence-corrected chi connectivity index (χ1v) is 13.1. The molecule has 1 unspecified atom stereocenters. The van der Waals surface area contributed by atoms with E-state index in [1.807, 2.05) is 0 Å². The summed E-state index contributed by atoms with van der Waals surface area (Å²) >= 11 is 0.